The second kappa shape index (κ2) is 4.29. The van der Waals surface area contributed by atoms with E-state index in [0.29, 0.717) is 6.42 Å². The zero-order valence-corrected chi connectivity index (χ0v) is 6.71. The van der Waals surface area contributed by atoms with Crippen molar-refractivity contribution in [2.24, 2.45) is 0 Å². The molecule has 0 radical (unpaired) electrons. The van der Waals surface area contributed by atoms with Crippen molar-refractivity contribution < 1.29 is 9.53 Å². The highest BCUT2D eigenvalue weighted by Crippen LogP contribution is 2.14. The summed E-state index contributed by atoms with van der Waals surface area (Å²) < 4.78 is 5.23. The van der Waals surface area contributed by atoms with Gasteiger partial charge in [0.05, 0.1) is 0 Å². The normalized spacial score (nSPS) is 23.5. The van der Waals surface area contributed by atoms with Gasteiger partial charge in [0.25, 0.3) is 0 Å². The summed E-state index contributed by atoms with van der Waals surface area (Å²) in [5.74, 6) is 0.238. The molecule has 0 spiro atoms. The van der Waals surface area contributed by atoms with Gasteiger partial charge in [-0.15, -0.1) is 6.58 Å². The van der Waals surface area contributed by atoms with E-state index in [2.05, 4.69) is 6.58 Å². The van der Waals surface area contributed by atoms with E-state index in [9.17, 15) is 4.79 Å². The summed E-state index contributed by atoms with van der Waals surface area (Å²) in [7, 11) is 0. The molecule has 0 saturated carbocycles. The number of hydrogen-bond acceptors (Lipinski definition) is 2. The van der Waals surface area contributed by atoms with Gasteiger partial charge < -0.3 is 4.74 Å². The van der Waals surface area contributed by atoms with Crippen molar-refractivity contribution in [1.29, 1.82) is 0 Å². The average Bonchev–Trinajstić information content (AvgIpc) is 2.52. The Kier molecular flexibility index (Phi) is 3.30. The Balaban J connectivity index is 2.22. The van der Waals surface area contributed by atoms with E-state index in [4.69, 9.17) is 4.74 Å². The molecule has 0 N–H and O–H groups in total. The van der Waals surface area contributed by atoms with E-state index < -0.39 is 0 Å². The smallest absolute Gasteiger partial charge is 0.161 e. The lowest BCUT2D eigenvalue weighted by Crippen LogP contribution is -2.18. The molecule has 0 aromatic rings. The summed E-state index contributed by atoms with van der Waals surface area (Å²) in [5, 5.41) is 0. The molecule has 1 unspecified atom stereocenters. The van der Waals surface area contributed by atoms with Gasteiger partial charge >= 0.3 is 0 Å². The predicted molar refractivity (Wildman–Crippen MR) is 43.4 cm³/mol. The second-order valence-corrected chi connectivity index (χ2v) is 2.80. The molecular weight excluding hydrogens is 140 g/mol. The minimum absolute atomic E-state index is 0.102. The molecule has 1 rings (SSSR count). The van der Waals surface area contributed by atoms with Crippen LogP contribution in [0.5, 0.6) is 0 Å². The van der Waals surface area contributed by atoms with Crippen LogP contribution in [0.3, 0.4) is 0 Å². The van der Waals surface area contributed by atoms with Crippen molar-refractivity contribution >= 4 is 5.78 Å². The molecule has 0 bridgehead atoms. The number of ether oxygens (including phenoxy) is 1. The topological polar surface area (TPSA) is 26.3 Å². The van der Waals surface area contributed by atoms with Crippen LogP contribution >= 0.6 is 0 Å². The molecule has 0 aliphatic carbocycles. The van der Waals surface area contributed by atoms with Gasteiger partial charge in [-0.05, 0) is 19.3 Å². The first-order chi connectivity index (χ1) is 5.34. The monoisotopic (exact) mass is 154 g/mol. The van der Waals surface area contributed by atoms with Crippen molar-refractivity contribution in [1.82, 2.24) is 0 Å². The van der Waals surface area contributed by atoms with Gasteiger partial charge in [-0.25, -0.2) is 0 Å². The number of carbonyl (C=O) groups excluding carboxylic acids is 1. The predicted octanol–water partition coefficient (Wildman–Crippen LogP) is 1.70. The first-order valence-electron chi connectivity index (χ1n) is 4.10. The number of allylic oxidation sites excluding steroid dienone is 1. The summed E-state index contributed by atoms with van der Waals surface area (Å²) in [6.07, 6.45) is 4.98. The van der Waals surface area contributed by atoms with Crippen molar-refractivity contribution in [3.05, 3.63) is 12.7 Å². The average molecular weight is 154 g/mol. The van der Waals surface area contributed by atoms with Crippen molar-refractivity contribution in [3.63, 3.8) is 0 Å². The van der Waals surface area contributed by atoms with Crippen LogP contribution in [-0.2, 0) is 9.53 Å². The van der Waals surface area contributed by atoms with Crippen LogP contribution in [0.15, 0.2) is 12.7 Å². The SMILES string of the molecule is C=CCCC(=O)C1CCCO1. The second-order valence-electron chi connectivity index (χ2n) is 2.80. The third-order valence-corrected chi connectivity index (χ3v) is 1.88. The number of carbonyl (C=O) groups is 1. The first kappa shape index (κ1) is 8.47. The van der Waals surface area contributed by atoms with Crippen molar-refractivity contribution in [2.45, 2.75) is 31.8 Å². The molecule has 1 aliphatic heterocycles. The molecule has 1 fully saturated rings. The molecule has 2 nitrogen and oxygen atoms in total. The number of hydrogen-bond donors (Lipinski definition) is 0. The van der Waals surface area contributed by atoms with E-state index in [-0.39, 0.29) is 11.9 Å². The Morgan fingerprint density at radius 2 is 2.55 bits per heavy atom. The van der Waals surface area contributed by atoms with Crippen LogP contribution in [0, 0.1) is 0 Å². The van der Waals surface area contributed by atoms with Gasteiger partial charge in [0.2, 0.25) is 0 Å². The minimum atomic E-state index is -0.102. The number of Topliss-reactive ketones (excluding diaryl/α,β-unsaturated/α-hetero) is 1. The van der Waals surface area contributed by atoms with Crippen LogP contribution in [0.4, 0.5) is 0 Å². The Labute approximate surface area is 67.2 Å². The van der Waals surface area contributed by atoms with Gasteiger partial charge in [-0.1, -0.05) is 6.08 Å². The quantitative estimate of drug-likeness (QED) is 0.576. The lowest BCUT2D eigenvalue weighted by atomic mass is 10.1. The number of rotatable bonds is 4. The lowest BCUT2D eigenvalue weighted by Gasteiger charge is -2.05. The zero-order chi connectivity index (χ0) is 8.10. The maximum atomic E-state index is 11.2. The summed E-state index contributed by atoms with van der Waals surface area (Å²) in [4.78, 5) is 11.2. The third kappa shape index (κ3) is 2.46. The Bertz CT molecular complexity index is 146. The van der Waals surface area contributed by atoms with Gasteiger partial charge in [-0.3, -0.25) is 4.79 Å². The van der Waals surface area contributed by atoms with E-state index in [1.54, 1.807) is 6.08 Å². The molecule has 1 atom stereocenters. The van der Waals surface area contributed by atoms with E-state index in [1.807, 2.05) is 0 Å². The maximum absolute atomic E-state index is 11.2. The Morgan fingerprint density at radius 3 is 3.09 bits per heavy atom. The van der Waals surface area contributed by atoms with E-state index >= 15 is 0 Å². The highest BCUT2D eigenvalue weighted by Gasteiger charge is 2.22. The largest absolute Gasteiger partial charge is 0.370 e. The van der Waals surface area contributed by atoms with Crippen LogP contribution in [0.25, 0.3) is 0 Å². The molecule has 2 heteroatoms. The molecule has 62 valence electrons. The summed E-state index contributed by atoms with van der Waals surface area (Å²) in [6, 6.07) is 0. The summed E-state index contributed by atoms with van der Waals surface area (Å²) in [5.41, 5.74) is 0. The highest BCUT2D eigenvalue weighted by atomic mass is 16.5. The standard InChI is InChI=1S/C9H14O2/c1-2-3-5-8(10)9-6-4-7-11-9/h2,9H,1,3-7H2. The number of ketones is 1. The third-order valence-electron chi connectivity index (χ3n) is 1.88. The highest BCUT2D eigenvalue weighted by molar-refractivity contribution is 5.83. The van der Waals surface area contributed by atoms with Crippen LogP contribution in [-0.4, -0.2) is 18.5 Å². The molecule has 1 saturated heterocycles. The summed E-state index contributed by atoms with van der Waals surface area (Å²) in [6.45, 7) is 4.32. The molecule has 1 heterocycles. The fourth-order valence-electron chi connectivity index (χ4n) is 1.24. The van der Waals surface area contributed by atoms with E-state index in [0.717, 1.165) is 25.9 Å². The van der Waals surface area contributed by atoms with Crippen molar-refractivity contribution in [2.75, 3.05) is 6.61 Å². The fourth-order valence-corrected chi connectivity index (χ4v) is 1.24. The maximum Gasteiger partial charge on any atom is 0.161 e. The zero-order valence-electron chi connectivity index (χ0n) is 6.71. The Morgan fingerprint density at radius 1 is 1.73 bits per heavy atom. The van der Waals surface area contributed by atoms with E-state index in [1.165, 1.54) is 0 Å². The van der Waals surface area contributed by atoms with Gasteiger partial charge in [0, 0.05) is 13.0 Å². The van der Waals surface area contributed by atoms with Gasteiger partial charge in [-0.2, -0.15) is 0 Å². The fraction of sp³-hybridized carbons (Fsp3) is 0.667. The molecular formula is C9H14O2. The first-order valence-corrected chi connectivity index (χ1v) is 4.10. The van der Waals surface area contributed by atoms with Crippen LogP contribution in [0.2, 0.25) is 0 Å². The van der Waals surface area contributed by atoms with Gasteiger partial charge in [0.15, 0.2) is 5.78 Å². The van der Waals surface area contributed by atoms with Crippen LogP contribution in [0.1, 0.15) is 25.7 Å². The molecule has 0 aromatic heterocycles. The molecule has 1 aliphatic rings. The van der Waals surface area contributed by atoms with Gasteiger partial charge in [0.1, 0.15) is 6.10 Å². The lowest BCUT2D eigenvalue weighted by molar-refractivity contribution is -0.127. The summed E-state index contributed by atoms with van der Waals surface area (Å²) >= 11 is 0. The van der Waals surface area contributed by atoms with Crippen molar-refractivity contribution in [3.8, 4) is 0 Å². The van der Waals surface area contributed by atoms with Crippen LogP contribution < -0.4 is 0 Å². The Hall–Kier alpha value is -0.630. The molecule has 11 heavy (non-hydrogen) atoms. The molecule has 0 aromatic carbocycles. The minimum Gasteiger partial charge on any atom is -0.370 e. The molecule has 0 amide bonds.